The van der Waals surface area contributed by atoms with Crippen LogP contribution in [0.2, 0.25) is 0 Å². The predicted molar refractivity (Wildman–Crippen MR) is 70.1 cm³/mol. The van der Waals surface area contributed by atoms with E-state index in [0.29, 0.717) is 0 Å². The first-order chi connectivity index (χ1) is 9.61. The molecular weight excluding hydrogens is 306 g/mol. The molecule has 3 atom stereocenters. The highest BCUT2D eigenvalue weighted by molar-refractivity contribution is 7.82. The van der Waals surface area contributed by atoms with E-state index >= 15 is 0 Å². The van der Waals surface area contributed by atoms with E-state index in [-0.39, 0.29) is 19.4 Å². The third-order valence-electron chi connectivity index (χ3n) is 3.42. The monoisotopic (exact) mass is 321 g/mol. The summed E-state index contributed by atoms with van der Waals surface area (Å²) in [6.07, 6.45) is -0.656. The van der Waals surface area contributed by atoms with Gasteiger partial charge in [-0.2, -0.15) is 0 Å². The predicted octanol–water partition coefficient (Wildman–Crippen LogP) is -0.578. The minimum atomic E-state index is -2.29. The van der Waals surface area contributed by atoms with Crippen LogP contribution < -0.4 is 0 Å². The van der Waals surface area contributed by atoms with Crippen molar-refractivity contribution in [2.45, 2.75) is 30.2 Å². The first kappa shape index (κ1) is 17.2. The number of nitrogens with zero attached hydrogens (tertiary/aromatic N) is 1. The van der Waals surface area contributed by atoms with Gasteiger partial charge in [0, 0.05) is 6.54 Å². The van der Waals surface area contributed by atoms with Crippen molar-refractivity contribution in [1.29, 1.82) is 0 Å². The van der Waals surface area contributed by atoms with E-state index in [0.717, 1.165) is 4.90 Å². The molecule has 118 valence electrons. The molecule has 10 heteroatoms. The van der Waals surface area contributed by atoms with E-state index in [4.69, 9.17) is 10.2 Å². The molecule has 0 spiro atoms. The summed E-state index contributed by atoms with van der Waals surface area (Å²) in [4.78, 5) is 43.3. The third kappa shape index (κ3) is 3.45. The molecule has 21 heavy (non-hydrogen) atoms. The molecule has 0 aromatic heterocycles. The number of piperidine rings is 1. The van der Waals surface area contributed by atoms with Gasteiger partial charge < -0.3 is 20.4 Å². The quantitative estimate of drug-likeness (QED) is 0.404. The van der Waals surface area contributed by atoms with Gasteiger partial charge in [0.15, 0.2) is 4.87 Å². The lowest BCUT2D eigenvalue weighted by Crippen LogP contribution is -2.63. The number of carbonyl (C=O) groups is 4. The molecule has 1 aliphatic heterocycles. The van der Waals surface area contributed by atoms with Crippen molar-refractivity contribution in [3.8, 4) is 0 Å². The largest absolute Gasteiger partial charge is 0.481 e. The van der Waals surface area contributed by atoms with Crippen molar-refractivity contribution in [1.82, 2.24) is 4.90 Å². The Morgan fingerprint density at radius 1 is 1.10 bits per heavy atom. The summed E-state index contributed by atoms with van der Waals surface area (Å²) in [6.45, 7) is -0.0656. The van der Waals surface area contributed by atoms with E-state index in [2.05, 4.69) is 12.6 Å². The van der Waals surface area contributed by atoms with Crippen LogP contribution in [-0.2, 0) is 19.2 Å². The molecule has 1 aliphatic rings. The van der Waals surface area contributed by atoms with E-state index in [1.807, 2.05) is 0 Å². The Kier molecular flexibility index (Phi) is 5.18. The Labute approximate surface area is 124 Å². The first-order valence-electron chi connectivity index (χ1n) is 6.01. The maximum atomic E-state index is 11.4. The average Bonchev–Trinajstić information content (AvgIpc) is 2.36. The minimum absolute atomic E-state index is 0.0656. The van der Waals surface area contributed by atoms with Gasteiger partial charge in [0.2, 0.25) is 0 Å². The van der Waals surface area contributed by atoms with E-state index < -0.39 is 47.1 Å². The van der Waals surface area contributed by atoms with Crippen molar-refractivity contribution in [2.24, 2.45) is 5.92 Å². The molecule has 9 nitrogen and oxygen atoms in total. The Morgan fingerprint density at radius 3 is 2.05 bits per heavy atom. The Bertz CT molecular complexity index is 481. The molecule has 3 unspecified atom stereocenters. The number of hydrogen-bond acceptors (Lipinski definition) is 6. The molecule has 0 saturated carbocycles. The van der Waals surface area contributed by atoms with Gasteiger partial charge in [0.05, 0.1) is 12.3 Å². The van der Waals surface area contributed by atoms with Crippen molar-refractivity contribution < 1.29 is 39.6 Å². The fraction of sp³-hybridized carbons (Fsp3) is 0.636. The zero-order chi connectivity index (χ0) is 16.4. The van der Waals surface area contributed by atoms with Crippen LogP contribution in [0.25, 0.3) is 0 Å². The lowest BCUT2D eigenvalue weighted by atomic mass is 9.87. The molecule has 0 amide bonds. The molecule has 0 bridgehead atoms. The maximum Gasteiger partial charge on any atom is 0.335 e. The van der Waals surface area contributed by atoms with Gasteiger partial charge in [-0.3, -0.25) is 19.3 Å². The Morgan fingerprint density at radius 2 is 1.67 bits per heavy atom. The molecule has 0 aliphatic carbocycles. The Hall–Kier alpha value is -1.81. The zero-order valence-electron chi connectivity index (χ0n) is 10.8. The first-order valence-corrected chi connectivity index (χ1v) is 6.46. The molecule has 0 aromatic carbocycles. The molecule has 1 fully saturated rings. The number of thiol groups is 1. The summed E-state index contributed by atoms with van der Waals surface area (Å²) >= 11 is 3.85. The molecule has 4 N–H and O–H groups in total. The maximum absolute atomic E-state index is 11.4. The van der Waals surface area contributed by atoms with Gasteiger partial charge >= 0.3 is 23.9 Å². The van der Waals surface area contributed by atoms with Crippen LogP contribution in [0.1, 0.15) is 19.3 Å². The van der Waals surface area contributed by atoms with Crippen LogP contribution in [0, 0.1) is 5.92 Å². The Balaban J connectivity index is 3.26. The van der Waals surface area contributed by atoms with E-state index in [1.54, 1.807) is 0 Å². The topological polar surface area (TPSA) is 152 Å². The highest BCUT2D eigenvalue weighted by Gasteiger charge is 2.53. The number of likely N-dealkylation sites (tertiary alicyclic amines) is 1. The lowest BCUT2D eigenvalue weighted by Gasteiger charge is -2.44. The number of carboxylic acid groups (broad SMARTS) is 4. The van der Waals surface area contributed by atoms with E-state index in [9.17, 15) is 29.4 Å². The van der Waals surface area contributed by atoms with Crippen LogP contribution in [-0.4, -0.2) is 66.7 Å². The highest BCUT2D eigenvalue weighted by Crippen LogP contribution is 2.35. The fourth-order valence-corrected chi connectivity index (χ4v) is 2.85. The summed E-state index contributed by atoms with van der Waals surface area (Å²) in [7, 11) is 0. The smallest absolute Gasteiger partial charge is 0.335 e. The van der Waals surface area contributed by atoms with Crippen LogP contribution in [0.5, 0.6) is 0 Å². The number of hydrogen-bond donors (Lipinski definition) is 5. The van der Waals surface area contributed by atoms with E-state index in [1.165, 1.54) is 0 Å². The van der Waals surface area contributed by atoms with Gasteiger partial charge in [-0.1, -0.05) is 0 Å². The third-order valence-corrected chi connectivity index (χ3v) is 4.02. The van der Waals surface area contributed by atoms with Crippen LogP contribution in [0.3, 0.4) is 0 Å². The van der Waals surface area contributed by atoms with Crippen molar-refractivity contribution >= 4 is 36.5 Å². The van der Waals surface area contributed by atoms with Crippen molar-refractivity contribution in [3.63, 3.8) is 0 Å². The number of carboxylic acids is 4. The van der Waals surface area contributed by atoms with Crippen LogP contribution >= 0.6 is 12.6 Å². The summed E-state index contributed by atoms with van der Waals surface area (Å²) in [5, 5.41) is 36.4. The lowest BCUT2D eigenvalue weighted by molar-refractivity contribution is -0.167. The zero-order valence-corrected chi connectivity index (χ0v) is 11.7. The molecule has 1 heterocycles. The van der Waals surface area contributed by atoms with Crippen molar-refractivity contribution in [2.75, 3.05) is 6.54 Å². The normalized spacial score (nSPS) is 25.8. The van der Waals surface area contributed by atoms with Gasteiger partial charge in [-0.05, 0) is 12.8 Å². The van der Waals surface area contributed by atoms with Gasteiger partial charge in [0.1, 0.15) is 6.04 Å². The summed E-state index contributed by atoms with van der Waals surface area (Å²) in [6, 6.07) is -1.65. The average molecular weight is 321 g/mol. The standard InChI is InChI=1S/C11H15NO8S/c13-6(14)4-11(21,10(19)20)12-3-1-2-5(8(15)16)7(12)9(17)18/h5,7,21H,1-4H2,(H,13,14)(H,15,16)(H,17,18)(H,19,20). The molecule has 0 radical (unpaired) electrons. The van der Waals surface area contributed by atoms with Gasteiger partial charge in [-0.15, -0.1) is 12.6 Å². The highest BCUT2D eigenvalue weighted by atomic mass is 32.1. The van der Waals surface area contributed by atoms with Crippen LogP contribution in [0.15, 0.2) is 0 Å². The molecule has 0 aromatic rings. The number of rotatable bonds is 6. The minimum Gasteiger partial charge on any atom is -0.481 e. The second-order valence-corrected chi connectivity index (χ2v) is 5.50. The second-order valence-electron chi connectivity index (χ2n) is 4.76. The number of aliphatic carboxylic acids is 4. The summed E-state index contributed by atoms with van der Waals surface area (Å²) in [5.74, 6) is -7.33. The van der Waals surface area contributed by atoms with Gasteiger partial charge in [0.25, 0.3) is 0 Å². The van der Waals surface area contributed by atoms with Gasteiger partial charge in [-0.25, -0.2) is 4.79 Å². The second kappa shape index (κ2) is 6.31. The SMILES string of the molecule is O=C(O)CC(S)(C(=O)O)N1CCCC(C(=O)O)C1C(=O)O. The van der Waals surface area contributed by atoms with Crippen LogP contribution in [0.4, 0.5) is 0 Å². The van der Waals surface area contributed by atoms with Crippen molar-refractivity contribution in [3.05, 3.63) is 0 Å². The molecule has 1 rings (SSSR count). The molecule has 1 saturated heterocycles. The molecular formula is C11H15NO8S. The fourth-order valence-electron chi connectivity index (χ4n) is 2.49. The summed E-state index contributed by atoms with van der Waals surface area (Å²) < 4.78 is 0. The summed E-state index contributed by atoms with van der Waals surface area (Å²) in [5.41, 5.74) is 0.